The summed E-state index contributed by atoms with van der Waals surface area (Å²) in [5.41, 5.74) is 0.367. The molecule has 2 aromatic rings. The molecular weight excluding hydrogens is 425 g/mol. The van der Waals surface area contributed by atoms with Crippen molar-refractivity contribution >= 4 is 40.8 Å². The van der Waals surface area contributed by atoms with Crippen LogP contribution in [0.5, 0.6) is 0 Å². The van der Waals surface area contributed by atoms with E-state index in [1.807, 2.05) is 6.92 Å². The third-order valence-electron chi connectivity index (χ3n) is 3.82. The van der Waals surface area contributed by atoms with Crippen LogP contribution in [0.1, 0.15) is 24.0 Å². The minimum atomic E-state index is -4.59. The van der Waals surface area contributed by atoms with Gasteiger partial charge in [0.1, 0.15) is 0 Å². The van der Waals surface area contributed by atoms with Gasteiger partial charge in [0, 0.05) is 12.1 Å². The number of alkyl halides is 3. The number of hydrogen-bond acceptors (Lipinski definition) is 4. The molecule has 0 aromatic heterocycles. The Morgan fingerprint density at radius 2 is 1.63 bits per heavy atom. The average Bonchev–Trinajstić information content (AvgIpc) is 2.67. The number of ether oxygens (including phenoxy) is 1. The van der Waals surface area contributed by atoms with Crippen LogP contribution in [0, 0.1) is 6.92 Å². The molecule has 0 spiro atoms. The van der Waals surface area contributed by atoms with Crippen LogP contribution < -0.4 is 10.6 Å². The van der Waals surface area contributed by atoms with Crippen LogP contribution in [0.2, 0.25) is 5.02 Å². The molecule has 0 aliphatic rings. The topological polar surface area (TPSA) is 84.5 Å². The number of esters is 1. The van der Waals surface area contributed by atoms with Crippen molar-refractivity contribution < 1.29 is 32.3 Å². The minimum Gasteiger partial charge on any atom is -0.456 e. The Balaban J connectivity index is 1.77. The molecule has 0 bridgehead atoms. The van der Waals surface area contributed by atoms with E-state index in [-0.39, 0.29) is 23.6 Å². The summed E-state index contributed by atoms with van der Waals surface area (Å²) in [7, 11) is 0. The van der Waals surface area contributed by atoms with Gasteiger partial charge >= 0.3 is 12.1 Å². The predicted octanol–water partition coefficient (Wildman–Crippen LogP) is 4.57. The van der Waals surface area contributed by atoms with Crippen molar-refractivity contribution in [3.05, 3.63) is 58.6 Å². The SMILES string of the molecule is Cc1ccc(NC(=O)COC(=O)CCC(=O)Nc2cc(C(F)(F)F)ccc2Cl)cc1. The van der Waals surface area contributed by atoms with Crippen molar-refractivity contribution in [2.24, 2.45) is 0 Å². The summed E-state index contributed by atoms with van der Waals surface area (Å²) in [6.45, 7) is 1.36. The highest BCUT2D eigenvalue weighted by Gasteiger charge is 2.31. The van der Waals surface area contributed by atoms with Crippen molar-refractivity contribution in [2.45, 2.75) is 25.9 Å². The van der Waals surface area contributed by atoms with Crippen molar-refractivity contribution in [1.82, 2.24) is 0 Å². The van der Waals surface area contributed by atoms with E-state index in [1.54, 1.807) is 24.3 Å². The summed E-state index contributed by atoms with van der Waals surface area (Å²) in [6, 6.07) is 9.50. The smallest absolute Gasteiger partial charge is 0.416 e. The molecular formula is C20H18ClF3N2O4. The molecule has 0 aliphatic heterocycles. The maximum atomic E-state index is 12.7. The summed E-state index contributed by atoms with van der Waals surface area (Å²) < 4.78 is 43.0. The lowest BCUT2D eigenvalue weighted by molar-refractivity contribution is -0.147. The Kier molecular flexibility index (Phi) is 7.82. The fraction of sp³-hybridized carbons (Fsp3) is 0.250. The quantitative estimate of drug-likeness (QED) is 0.615. The van der Waals surface area contributed by atoms with Crippen molar-refractivity contribution in [1.29, 1.82) is 0 Å². The van der Waals surface area contributed by atoms with E-state index in [4.69, 9.17) is 16.3 Å². The average molecular weight is 443 g/mol. The van der Waals surface area contributed by atoms with Crippen LogP contribution in [0.25, 0.3) is 0 Å². The second-order valence-electron chi connectivity index (χ2n) is 6.32. The van der Waals surface area contributed by atoms with E-state index in [0.717, 1.165) is 17.7 Å². The molecule has 2 rings (SSSR count). The second-order valence-corrected chi connectivity index (χ2v) is 6.72. The summed E-state index contributed by atoms with van der Waals surface area (Å²) in [4.78, 5) is 35.4. The lowest BCUT2D eigenvalue weighted by Crippen LogP contribution is -2.21. The highest BCUT2D eigenvalue weighted by molar-refractivity contribution is 6.33. The zero-order chi connectivity index (χ0) is 22.3. The van der Waals surface area contributed by atoms with Gasteiger partial charge in [0.25, 0.3) is 5.91 Å². The molecule has 0 radical (unpaired) electrons. The number of hydrogen-bond donors (Lipinski definition) is 2. The molecule has 30 heavy (non-hydrogen) atoms. The number of halogens is 4. The minimum absolute atomic E-state index is 0.0771. The molecule has 2 N–H and O–H groups in total. The summed E-state index contributed by atoms with van der Waals surface area (Å²) >= 11 is 5.79. The number of anilines is 2. The zero-order valence-electron chi connectivity index (χ0n) is 15.8. The number of aryl methyl sites for hydroxylation is 1. The molecule has 0 saturated heterocycles. The van der Waals surface area contributed by atoms with Gasteiger partial charge in [-0.3, -0.25) is 14.4 Å². The lowest BCUT2D eigenvalue weighted by Gasteiger charge is -2.11. The second kappa shape index (κ2) is 10.1. The molecule has 0 unspecified atom stereocenters. The fourth-order valence-electron chi connectivity index (χ4n) is 2.28. The molecule has 2 amide bonds. The number of carbonyl (C=O) groups excluding carboxylic acids is 3. The van der Waals surface area contributed by atoms with Crippen molar-refractivity contribution in [2.75, 3.05) is 17.2 Å². The normalized spacial score (nSPS) is 11.0. The number of rotatable bonds is 7. The Hall–Kier alpha value is -3.07. The fourth-order valence-corrected chi connectivity index (χ4v) is 2.44. The Bertz CT molecular complexity index is 931. The molecule has 2 aromatic carbocycles. The maximum absolute atomic E-state index is 12.7. The van der Waals surface area contributed by atoms with Crippen LogP contribution in [0.3, 0.4) is 0 Å². The van der Waals surface area contributed by atoms with Crippen molar-refractivity contribution in [3.63, 3.8) is 0 Å². The Morgan fingerprint density at radius 3 is 2.27 bits per heavy atom. The van der Waals surface area contributed by atoms with E-state index in [0.29, 0.717) is 11.8 Å². The van der Waals surface area contributed by atoms with Gasteiger partial charge in [-0.15, -0.1) is 0 Å². The van der Waals surface area contributed by atoms with Gasteiger partial charge < -0.3 is 15.4 Å². The van der Waals surface area contributed by atoms with Crippen LogP contribution in [0.4, 0.5) is 24.5 Å². The number of carbonyl (C=O) groups is 3. The van der Waals surface area contributed by atoms with Gasteiger partial charge in [0.2, 0.25) is 5.91 Å². The summed E-state index contributed by atoms with van der Waals surface area (Å²) in [6.07, 6.45) is -5.31. The van der Waals surface area contributed by atoms with E-state index >= 15 is 0 Å². The first-order valence-electron chi connectivity index (χ1n) is 8.73. The summed E-state index contributed by atoms with van der Waals surface area (Å²) in [5, 5.41) is 4.69. The van der Waals surface area contributed by atoms with Gasteiger partial charge in [-0.05, 0) is 37.3 Å². The standard InChI is InChI=1S/C20H18ClF3N2O4/c1-12-2-5-14(6-3-12)25-18(28)11-30-19(29)9-8-17(27)26-16-10-13(20(22,23)24)4-7-15(16)21/h2-7,10H,8-9,11H2,1H3,(H,25,28)(H,26,27). The van der Waals surface area contributed by atoms with Gasteiger partial charge in [-0.1, -0.05) is 29.3 Å². The zero-order valence-corrected chi connectivity index (χ0v) is 16.6. The molecule has 0 fully saturated rings. The van der Waals surface area contributed by atoms with Crippen LogP contribution >= 0.6 is 11.6 Å². The molecule has 6 nitrogen and oxygen atoms in total. The van der Waals surface area contributed by atoms with Gasteiger partial charge in [0.15, 0.2) is 6.61 Å². The van der Waals surface area contributed by atoms with Gasteiger partial charge in [-0.2, -0.15) is 13.2 Å². The first-order valence-corrected chi connectivity index (χ1v) is 9.11. The molecule has 0 atom stereocenters. The van der Waals surface area contributed by atoms with Gasteiger partial charge in [0.05, 0.1) is 22.7 Å². The molecule has 10 heteroatoms. The van der Waals surface area contributed by atoms with E-state index in [1.165, 1.54) is 0 Å². The first kappa shape index (κ1) is 23.2. The van der Waals surface area contributed by atoms with Gasteiger partial charge in [-0.25, -0.2) is 0 Å². The highest BCUT2D eigenvalue weighted by Crippen LogP contribution is 2.33. The van der Waals surface area contributed by atoms with Crippen LogP contribution in [-0.4, -0.2) is 24.4 Å². The van der Waals surface area contributed by atoms with E-state index in [2.05, 4.69) is 10.6 Å². The Morgan fingerprint density at radius 1 is 0.967 bits per heavy atom. The number of amides is 2. The van der Waals surface area contributed by atoms with Crippen LogP contribution in [0.15, 0.2) is 42.5 Å². The molecule has 160 valence electrons. The number of benzene rings is 2. The third kappa shape index (κ3) is 7.40. The lowest BCUT2D eigenvalue weighted by atomic mass is 10.2. The largest absolute Gasteiger partial charge is 0.456 e. The first-order chi connectivity index (χ1) is 14.0. The van der Waals surface area contributed by atoms with Crippen LogP contribution in [-0.2, 0) is 25.3 Å². The number of nitrogens with one attached hydrogen (secondary N) is 2. The van der Waals surface area contributed by atoms with E-state index < -0.39 is 36.1 Å². The van der Waals surface area contributed by atoms with E-state index in [9.17, 15) is 27.6 Å². The summed E-state index contributed by atoms with van der Waals surface area (Å²) in [5.74, 6) is -2.08. The third-order valence-corrected chi connectivity index (χ3v) is 4.15. The monoisotopic (exact) mass is 442 g/mol. The Labute approximate surface area is 175 Å². The van der Waals surface area contributed by atoms with Crippen molar-refractivity contribution in [3.8, 4) is 0 Å². The highest BCUT2D eigenvalue weighted by atomic mass is 35.5. The molecule has 0 heterocycles. The molecule has 0 aliphatic carbocycles. The molecule has 0 saturated carbocycles. The predicted molar refractivity (Wildman–Crippen MR) is 105 cm³/mol. The maximum Gasteiger partial charge on any atom is 0.416 e.